The molecule has 0 radical (unpaired) electrons. The summed E-state index contributed by atoms with van der Waals surface area (Å²) in [5.41, 5.74) is 2.45. The Hall–Kier alpha value is -0.300. The molecule has 0 unspecified atom stereocenters. The van der Waals surface area contributed by atoms with Crippen LogP contribution >= 0.6 is 0 Å². The molecule has 1 N–H and O–H groups in total. The lowest BCUT2D eigenvalue weighted by atomic mass is 9.51. The molecule has 3 rings (SSSR count). The normalized spacial score (nSPS) is 52.9. The molecule has 0 saturated heterocycles. The van der Waals surface area contributed by atoms with Crippen molar-refractivity contribution in [2.45, 2.75) is 46.0 Å². The number of allylic oxidation sites excluding steroid dienone is 2. The highest BCUT2D eigenvalue weighted by atomic mass is 16.3. The van der Waals surface area contributed by atoms with Crippen LogP contribution in [0, 0.1) is 22.7 Å². The van der Waals surface area contributed by atoms with Crippen molar-refractivity contribution in [3.8, 4) is 0 Å². The molecule has 1 heteroatoms. The zero-order valence-corrected chi connectivity index (χ0v) is 9.92. The second-order valence-electron chi connectivity index (χ2n) is 6.66. The first kappa shape index (κ1) is 9.89. The van der Waals surface area contributed by atoms with Gasteiger partial charge in [0, 0.05) is 6.61 Å². The van der Waals surface area contributed by atoms with Gasteiger partial charge in [-0.15, -0.1) is 0 Å². The lowest BCUT2D eigenvalue weighted by Gasteiger charge is -2.54. The fourth-order valence-electron chi connectivity index (χ4n) is 4.25. The average Bonchev–Trinajstić information content (AvgIpc) is 2.54. The molecule has 0 heterocycles. The molecule has 0 aliphatic heterocycles. The molecule has 0 spiro atoms. The predicted molar refractivity (Wildman–Crippen MR) is 61.4 cm³/mol. The highest BCUT2D eigenvalue weighted by Crippen LogP contribution is 2.64. The van der Waals surface area contributed by atoms with Crippen LogP contribution in [-0.4, -0.2) is 11.7 Å². The molecule has 0 aromatic heterocycles. The molecule has 2 fully saturated rings. The molecule has 0 bridgehead atoms. The Morgan fingerprint density at radius 3 is 2.87 bits per heavy atom. The first-order chi connectivity index (χ1) is 7.07. The zero-order chi connectivity index (χ0) is 10.7. The van der Waals surface area contributed by atoms with Gasteiger partial charge in [0.2, 0.25) is 0 Å². The van der Waals surface area contributed by atoms with Crippen LogP contribution in [0.4, 0.5) is 0 Å². The molecule has 0 amide bonds. The second kappa shape index (κ2) is 2.88. The Labute approximate surface area is 92.6 Å². The number of aliphatic hydroxyl groups is 1. The van der Waals surface area contributed by atoms with Crippen LogP contribution in [0.2, 0.25) is 0 Å². The van der Waals surface area contributed by atoms with E-state index in [0.717, 1.165) is 18.3 Å². The van der Waals surface area contributed by atoms with E-state index in [2.05, 4.69) is 19.9 Å². The fourth-order valence-corrected chi connectivity index (χ4v) is 4.25. The van der Waals surface area contributed by atoms with Gasteiger partial charge in [0.25, 0.3) is 0 Å². The van der Waals surface area contributed by atoms with Crippen molar-refractivity contribution in [3.05, 3.63) is 11.6 Å². The minimum atomic E-state index is 0.185. The largest absolute Gasteiger partial charge is 0.396 e. The van der Waals surface area contributed by atoms with E-state index in [1.807, 2.05) is 0 Å². The zero-order valence-electron chi connectivity index (χ0n) is 9.92. The van der Waals surface area contributed by atoms with E-state index in [-0.39, 0.29) is 5.41 Å². The molecule has 1 nitrogen and oxygen atoms in total. The van der Waals surface area contributed by atoms with E-state index in [4.69, 9.17) is 0 Å². The second-order valence-corrected chi connectivity index (χ2v) is 6.66. The minimum Gasteiger partial charge on any atom is -0.396 e. The topological polar surface area (TPSA) is 20.2 Å². The molecule has 84 valence electrons. The average molecular weight is 206 g/mol. The summed E-state index contributed by atoms with van der Waals surface area (Å²) < 4.78 is 0. The van der Waals surface area contributed by atoms with E-state index >= 15 is 0 Å². The van der Waals surface area contributed by atoms with Gasteiger partial charge in [-0.1, -0.05) is 25.5 Å². The standard InChI is InChI=1S/C14H22O/c1-13(9-15)7-10-3-4-11-5-6-14(11,2)12(10)8-13/h3,11-12,15H,4-9H2,1-2H3/t11-,12+,13-,14+/m0/s1. The molecule has 15 heavy (non-hydrogen) atoms. The summed E-state index contributed by atoms with van der Waals surface area (Å²) in [6.07, 6.45) is 9.04. The molecule has 3 aliphatic rings. The van der Waals surface area contributed by atoms with Crippen LogP contribution in [0.15, 0.2) is 11.6 Å². The van der Waals surface area contributed by atoms with Crippen molar-refractivity contribution in [1.82, 2.24) is 0 Å². The van der Waals surface area contributed by atoms with Gasteiger partial charge in [-0.25, -0.2) is 0 Å². The van der Waals surface area contributed by atoms with Crippen molar-refractivity contribution >= 4 is 0 Å². The van der Waals surface area contributed by atoms with Crippen molar-refractivity contribution in [2.75, 3.05) is 6.61 Å². The molecule has 2 saturated carbocycles. The summed E-state index contributed by atoms with van der Waals surface area (Å²) in [6, 6.07) is 0. The Kier molecular flexibility index (Phi) is 1.90. The number of hydrogen-bond acceptors (Lipinski definition) is 1. The van der Waals surface area contributed by atoms with Crippen LogP contribution in [0.25, 0.3) is 0 Å². The Morgan fingerprint density at radius 2 is 2.27 bits per heavy atom. The van der Waals surface area contributed by atoms with E-state index in [9.17, 15) is 5.11 Å². The first-order valence-corrected chi connectivity index (χ1v) is 6.37. The molecule has 0 aromatic carbocycles. The number of aliphatic hydroxyl groups excluding tert-OH is 1. The maximum absolute atomic E-state index is 9.50. The maximum atomic E-state index is 9.50. The van der Waals surface area contributed by atoms with Crippen LogP contribution in [0.3, 0.4) is 0 Å². The van der Waals surface area contributed by atoms with Gasteiger partial charge in [0.1, 0.15) is 0 Å². The molecule has 0 aromatic rings. The Balaban J connectivity index is 1.92. The van der Waals surface area contributed by atoms with Crippen molar-refractivity contribution < 1.29 is 5.11 Å². The van der Waals surface area contributed by atoms with Gasteiger partial charge in [-0.05, 0) is 54.8 Å². The quantitative estimate of drug-likeness (QED) is 0.653. The van der Waals surface area contributed by atoms with E-state index in [1.54, 1.807) is 5.57 Å². The monoisotopic (exact) mass is 206 g/mol. The number of rotatable bonds is 1. The van der Waals surface area contributed by atoms with Gasteiger partial charge in [0.15, 0.2) is 0 Å². The third-order valence-electron chi connectivity index (χ3n) is 5.58. The SMILES string of the molecule is C[C@]1(CO)CC2=CC[C@H]3CC[C@@]3(C)[C@@H]2C1. The fraction of sp³-hybridized carbons (Fsp3) is 0.857. The highest BCUT2D eigenvalue weighted by Gasteiger charge is 2.55. The first-order valence-electron chi connectivity index (χ1n) is 6.37. The van der Waals surface area contributed by atoms with Crippen LogP contribution in [0.1, 0.15) is 46.0 Å². The molecular formula is C14H22O. The van der Waals surface area contributed by atoms with E-state index in [1.165, 1.54) is 25.7 Å². The maximum Gasteiger partial charge on any atom is 0.0488 e. The third-order valence-corrected chi connectivity index (χ3v) is 5.58. The van der Waals surface area contributed by atoms with Gasteiger partial charge >= 0.3 is 0 Å². The summed E-state index contributed by atoms with van der Waals surface area (Å²) in [7, 11) is 0. The van der Waals surface area contributed by atoms with Gasteiger partial charge in [0.05, 0.1) is 0 Å². The van der Waals surface area contributed by atoms with Gasteiger partial charge in [-0.3, -0.25) is 0 Å². The van der Waals surface area contributed by atoms with E-state index < -0.39 is 0 Å². The third kappa shape index (κ3) is 1.19. The summed E-state index contributed by atoms with van der Waals surface area (Å²) in [4.78, 5) is 0. The lowest BCUT2D eigenvalue weighted by molar-refractivity contribution is -0.0126. The van der Waals surface area contributed by atoms with Crippen LogP contribution in [0.5, 0.6) is 0 Å². The number of hydrogen-bond donors (Lipinski definition) is 1. The Morgan fingerprint density at radius 1 is 1.47 bits per heavy atom. The highest BCUT2D eigenvalue weighted by molar-refractivity contribution is 5.26. The molecular weight excluding hydrogens is 184 g/mol. The van der Waals surface area contributed by atoms with E-state index in [0.29, 0.717) is 12.0 Å². The van der Waals surface area contributed by atoms with Crippen molar-refractivity contribution in [1.29, 1.82) is 0 Å². The smallest absolute Gasteiger partial charge is 0.0488 e. The lowest BCUT2D eigenvalue weighted by Crippen LogP contribution is -2.45. The summed E-state index contributed by atoms with van der Waals surface area (Å²) in [6.45, 7) is 5.10. The molecule has 4 atom stereocenters. The number of fused-ring (bicyclic) bond motifs is 3. The summed E-state index contributed by atoms with van der Waals surface area (Å²) in [5.74, 6) is 1.74. The van der Waals surface area contributed by atoms with Gasteiger partial charge in [-0.2, -0.15) is 0 Å². The minimum absolute atomic E-state index is 0.185. The predicted octanol–water partition coefficient (Wildman–Crippen LogP) is 3.14. The van der Waals surface area contributed by atoms with Crippen molar-refractivity contribution in [3.63, 3.8) is 0 Å². The Bertz CT molecular complexity index is 319. The van der Waals surface area contributed by atoms with Crippen LogP contribution in [-0.2, 0) is 0 Å². The summed E-state index contributed by atoms with van der Waals surface area (Å²) in [5, 5.41) is 9.50. The van der Waals surface area contributed by atoms with Gasteiger partial charge < -0.3 is 5.11 Å². The molecule has 3 aliphatic carbocycles. The summed E-state index contributed by atoms with van der Waals surface area (Å²) >= 11 is 0. The van der Waals surface area contributed by atoms with Crippen LogP contribution < -0.4 is 0 Å². The van der Waals surface area contributed by atoms with Crippen molar-refractivity contribution in [2.24, 2.45) is 22.7 Å².